The Hall–Kier alpha value is -1.03. The second-order valence-corrected chi connectivity index (χ2v) is 5.38. The molecule has 0 heterocycles. The van der Waals surface area contributed by atoms with Crippen molar-refractivity contribution in [2.45, 2.75) is 39.7 Å². The highest BCUT2D eigenvalue weighted by molar-refractivity contribution is 5.22. The van der Waals surface area contributed by atoms with Gasteiger partial charge in [0.2, 0.25) is 0 Å². The molecule has 1 aromatic rings. The molecule has 0 radical (unpaired) electrons. The molecule has 1 rings (SSSR count). The van der Waals surface area contributed by atoms with Crippen LogP contribution in [-0.2, 0) is 0 Å². The summed E-state index contributed by atoms with van der Waals surface area (Å²) in [7, 11) is 0. The number of aliphatic hydroxyl groups is 1. The maximum Gasteiger partial charge on any atom is 0.194 e. The maximum atomic E-state index is 13.4. The van der Waals surface area contributed by atoms with Crippen LogP contribution >= 0.6 is 0 Å². The predicted octanol–water partition coefficient (Wildman–Crippen LogP) is 3.96. The van der Waals surface area contributed by atoms with Crippen LogP contribution in [0.4, 0.5) is 13.2 Å². The largest absolute Gasteiger partial charge is 0.388 e. The molecule has 0 aromatic heterocycles. The van der Waals surface area contributed by atoms with E-state index in [9.17, 15) is 18.3 Å². The van der Waals surface area contributed by atoms with Crippen LogP contribution in [0.5, 0.6) is 0 Å². The SMILES string of the molecule is CC(C)(C)CCC(O)c1ccc(F)c(F)c1F. The number of hydrogen-bond donors (Lipinski definition) is 1. The Morgan fingerprint density at radius 1 is 1.12 bits per heavy atom. The molecule has 0 amide bonds. The van der Waals surface area contributed by atoms with E-state index in [0.717, 1.165) is 12.1 Å². The van der Waals surface area contributed by atoms with Crippen LogP contribution in [0.3, 0.4) is 0 Å². The van der Waals surface area contributed by atoms with Crippen LogP contribution in [-0.4, -0.2) is 5.11 Å². The summed E-state index contributed by atoms with van der Waals surface area (Å²) >= 11 is 0. The highest BCUT2D eigenvalue weighted by Gasteiger charge is 2.21. The molecule has 0 bridgehead atoms. The summed E-state index contributed by atoms with van der Waals surface area (Å²) in [6.07, 6.45) is -0.137. The van der Waals surface area contributed by atoms with E-state index in [2.05, 4.69) is 0 Å². The van der Waals surface area contributed by atoms with Gasteiger partial charge in [0.25, 0.3) is 0 Å². The van der Waals surface area contributed by atoms with E-state index in [1.807, 2.05) is 20.8 Å². The van der Waals surface area contributed by atoms with E-state index in [-0.39, 0.29) is 11.0 Å². The molecule has 1 nitrogen and oxygen atoms in total. The third-order valence-electron chi connectivity index (χ3n) is 2.59. The quantitative estimate of drug-likeness (QED) is 0.800. The van der Waals surface area contributed by atoms with Crippen LogP contribution in [0.15, 0.2) is 12.1 Å². The van der Waals surface area contributed by atoms with Gasteiger partial charge in [-0.15, -0.1) is 0 Å². The van der Waals surface area contributed by atoms with Gasteiger partial charge in [0.1, 0.15) is 0 Å². The lowest BCUT2D eigenvalue weighted by molar-refractivity contribution is 0.142. The van der Waals surface area contributed by atoms with Crippen LogP contribution in [0, 0.1) is 22.9 Å². The van der Waals surface area contributed by atoms with Gasteiger partial charge in [0.15, 0.2) is 17.5 Å². The first-order chi connectivity index (χ1) is 7.72. The Morgan fingerprint density at radius 2 is 1.71 bits per heavy atom. The Labute approximate surface area is 99.3 Å². The fourth-order valence-electron chi connectivity index (χ4n) is 1.52. The van der Waals surface area contributed by atoms with Crippen LogP contribution in [0.1, 0.15) is 45.3 Å². The van der Waals surface area contributed by atoms with Crippen molar-refractivity contribution in [1.29, 1.82) is 0 Å². The molecule has 1 atom stereocenters. The van der Waals surface area contributed by atoms with Gasteiger partial charge in [-0.25, -0.2) is 13.2 Å². The maximum absolute atomic E-state index is 13.4. The molecule has 4 heteroatoms. The first kappa shape index (κ1) is 14.0. The first-order valence-corrected chi connectivity index (χ1v) is 5.54. The summed E-state index contributed by atoms with van der Waals surface area (Å²) in [6.45, 7) is 5.96. The summed E-state index contributed by atoms with van der Waals surface area (Å²) < 4.78 is 39.0. The smallest absolute Gasteiger partial charge is 0.194 e. The summed E-state index contributed by atoms with van der Waals surface area (Å²) in [4.78, 5) is 0. The predicted molar refractivity (Wildman–Crippen MR) is 60.0 cm³/mol. The van der Waals surface area contributed by atoms with E-state index in [4.69, 9.17) is 0 Å². The number of hydrogen-bond acceptors (Lipinski definition) is 1. The van der Waals surface area contributed by atoms with Gasteiger partial charge in [0.05, 0.1) is 6.10 Å². The molecule has 1 N–H and O–H groups in total. The zero-order chi connectivity index (χ0) is 13.2. The minimum absolute atomic E-state index is 0.00394. The standard InChI is InChI=1S/C13H17F3O/c1-13(2,3)7-6-10(17)8-4-5-9(14)12(16)11(8)15/h4-5,10,17H,6-7H2,1-3H3. The highest BCUT2D eigenvalue weighted by Crippen LogP contribution is 2.29. The Morgan fingerprint density at radius 3 is 2.24 bits per heavy atom. The average molecular weight is 246 g/mol. The lowest BCUT2D eigenvalue weighted by Gasteiger charge is -2.20. The van der Waals surface area contributed by atoms with Gasteiger partial charge < -0.3 is 5.11 Å². The zero-order valence-corrected chi connectivity index (χ0v) is 10.2. The van der Waals surface area contributed by atoms with E-state index < -0.39 is 23.6 Å². The second-order valence-electron chi connectivity index (χ2n) is 5.38. The Kier molecular flexibility index (Phi) is 4.20. The molecule has 96 valence electrons. The number of aliphatic hydroxyl groups excluding tert-OH is 1. The van der Waals surface area contributed by atoms with Crippen molar-refractivity contribution in [3.63, 3.8) is 0 Å². The van der Waals surface area contributed by atoms with Crippen LogP contribution in [0.25, 0.3) is 0 Å². The van der Waals surface area contributed by atoms with E-state index in [1.165, 1.54) is 0 Å². The molecule has 17 heavy (non-hydrogen) atoms. The number of rotatable bonds is 3. The fraction of sp³-hybridized carbons (Fsp3) is 0.538. The van der Waals surface area contributed by atoms with Crippen molar-refractivity contribution < 1.29 is 18.3 Å². The van der Waals surface area contributed by atoms with Crippen molar-refractivity contribution in [1.82, 2.24) is 0 Å². The fourth-order valence-corrected chi connectivity index (χ4v) is 1.52. The Balaban J connectivity index is 2.83. The van der Waals surface area contributed by atoms with Crippen molar-refractivity contribution in [3.8, 4) is 0 Å². The summed E-state index contributed by atoms with van der Waals surface area (Å²) in [5, 5.41) is 9.75. The van der Waals surface area contributed by atoms with Gasteiger partial charge in [-0.05, 0) is 24.3 Å². The van der Waals surface area contributed by atoms with E-state index >= 15 is 0 Å². The second kappa shape index (κ2) is 5.08. The third kappa shape index (κ3) is 3.73. The lowest BCUT2D eigenvalue weighted by Crippen LogP contribution is -2.10. The average Bonchev–Trinajstić information content (AvgIpc) is 2.22. The van der Waals surface area contributed by atoms with Crippen molar-refractivity contribution >= 4 is 0 Å². The minimum atomic E-state index is -1.53. The highest BCUT2D eigenvalue weighted by atomic mass is 19.2. The molecular weight excluding hydrogens is 229 g/mol. The summed E-state index contributed by atoms with van der Waals surface area (Å²) in [5.41, 5.74) is -0.191. The van der Waals surface area contributed by atoms with Gasteiger partial charge in [0, 0.05) is 5.56 Å². The van der Waals surface area contributed by atoms with Crippen molar-refractivity contribution in [2.24, 2.45) is 5.41 Å². The molecular formula is C13H17F3O. The summed E-state index contributed by atoms with van der Waals surface area (Å²) in [6, 6.07) is 1.91. The van der Waals surface area contributed by atoms with Gasteiger partial charge in [-0.3, -0.25) is 0 Å². The van der Waals surface area contributed by atoms with E-state index in [1.54, 1.807) is 0 Å². The summed E-state index contributed by atoms with van der Waals surface area (Å²) in [5.74, 6) is -4.07. The molecule has 0 saturated carbocycles. The monoisotopic (exact) mass is 246 g/mol. The molecule has 1 aromatic carbocycles. The molecule has 0 aliphatic carbocycles. The van der Waals surface area contributed by atoms with Gasteiger partial charge >= 0.3 is 0 Å². The number of halogens is 3. The molecule has 0 saturated heterocycles. The zero-order valence-electron chi connectivity index (χ0n) is 10.2. The van der Waals surface area contributed by atoms with Crippen LogP contribution < -0.4 is 0 Å². The van der Waals surface area contributed by atoms with Gasteiger partial charge in [-0.2, -0.15) is 0 Å². The molecule has 0 aliphatic heterocycles. The first-order valence-electron chi connectivity index (χ1n) is 5.54. The van der Waals surface area contributed by atoms with Crippen molar-refractivity contribution in [3.05, 3.63) is 35.1 Å². The Bertz CT molecular complexity index is 396. The number of benzene rings is 1. The minimum Gasteiger partial charge on any atom is -0.388 e. The lowest BCUT2D eigenvalue weighted by atomic mass is 9.88. The van der Waals surface area contributed by atoms with Crippen molar-refractivity contribution in [2.75, 3.05) is 0 Å². The molecule has 1 unspecified atom stereocenters. The van der Waals surface area contributed by atoms with Gasteiger partial charge in [-0.1, -0.05) is 26.8 Å². The molecule has 0 fully saturated rings. The van der Waals surface area contributed by atoms with E-state index in [0.29, 0.717) is 12.8 Å². The van der Waals surface area contributed by atoms with Crippen LogP contribution in [0.2, 0.25) is 0 Å². The topological polar surface area (TPSA) is 20.2 Å². The molecule has 0 aliphatic rings. The molecule has 0 spiro atoms. The normalized spacial score (nSPS) is 13.8. The third-order valence-corrected chi connectivity index (χ3v) is 2.59.